The summed E-state index contributed by atoms with van der Waals surface area (Å²) in [5.41, 5.74) is 4.91. The van der Waals surface area contributed by atoms with Crippen molar-refractivity contribution in [2.45, 2.75) is 79.4 Å². The molecule has 0 radical (unpaired) electrons. The number of carbonyl (C=O) groups is 4. The summed E-state index contributed by atoms with van der Waals surface area (Å²) in [6, 6.07) is 4.42. The van der Waals surface area contributed by atoms with E-state index < -0.39 is 47.4 Å². The molecule has 1 unspecified atom stereocenters. The van der Waals surface area contributed by atoms with Gasteiger partial charge in [-0.05, 0) is 30.5 Å². The maximum Gasteiger partial charge on any atom is 0.324 e. The van der Waals surface area contributed by atoms with Crippen LogP contribution < -0.4 is 15.2 Å². The van der Waals surface area contributed by atoms with Crippen LogP contribution in [0.3, 0.4) is 0 Å². The van der Waals surface area contributed by atoms with E-state index in [1.807, 2.05) is 13.8 Å². The fourth-order valence-electron chi connectivity index (χ4n) is 3.04. The molecule has 0 fully saturated rings. The van der Waals surface area contributed by atoms with E-state index in [0.29, 0.717) is 5.56 Å². The van der Waals surface area contributed by atoms with Gasteiger partial charge in [0.05, 0.1) is 11.8 Å². The molecule has 0 aliphatic heterocycles. The maximum atomic E-state index is 12.2. The van der Waals surface area contributed by atoms with Gasteiger partial charge in [0, 0.05) is 19.3 Å². The highest BCUT2D eigenvalue weighted by molar-refractivity contribution is 5.80. The molecule has 0 aliphatic rings. The van der Waals surface area contributed by atoms with Gasteiger partial charge in [0.25, 0.3) is 0 Å². The molecule has 9 heteroatoms. The highest BCUT2D eigenvalue weighted by Crippen LogP contribution is 2.32. The van der Waals surface area contributed by atoms with E-state index in [4.69, 9.17) is 19.9 Å². The number of hydrogen-bond donors (Lipinski definition) is 2. The van der Waals surface area contributed by atoms with E-state index in [-0.39, 0.29) is 36.7 Å². The van der Waals surface area contributed by atoms with Gasteiger partial charge in [-0.25, -0.2) is 0 Å². The largest absolute Gasteiger partial charge is 0.480 e. The third-order valence-corrected chi connectivity index (χ3v) is 4.88. The van der Waals surface area contributed by atoms with Gasteiger partial charge >= 0.3 is 23.9 Å². The standard InChI is InChI=1S/C25H37NO8/c1-14(2)10-21(27)32-17(7)12-25(26,24(30)31)13-18-8-9-19(33-22(28)15(3)4)20(11-18)34-23(29)16(5)6/h8-9,11,14-17H,10,12-13,26H2,1-7H3,(H,30,31)/t17-,25?/m0/s1. The van der Waals surface area contributed by atoms with Gasteiger partial charge in [-0.1, -0.05) is 47.6 Å². The Morgan fingerprint density at radius 2 is 1.44 bits per heavy atom. The summed E-state index contributed by atoms with van der Waals surface area (Å²) in [6.07, 6.45) is -0.774. The zero-order valence-electron chi connectivity index (χ0n) is 21.0. The Morgan fingerprint density at radius 1 is 0.912 bits per heavy atom. The smallest absolute Gasteiger partial charge is 0.324 e. The molecule has 0 saturated heterocycles. The second-order valence-electron chi connectivity index (χ2n) is 9.67. The number of esters is 3. The minimum atomic E-state index is -1.76. The van der Waals surface area contributed by atoms with Crippen molar-refractivity contribution in [1.29, 1.82) is 0 Å². The van der Waals surface area contributed by atoms with Crippen LogP contribution in [0.15, 0.2) is 18.2 Å². The first-order valence-electron chi connectivity index (χ1n) is 11.4. The lowest BCUT2D eigenvalue weighted by molar-refractivity contribution is -0.154. The second-order valence-corrected chi connectivity index (χ2v) is 9.67. The Bertz CT molecular complexity index is 893. The number of aliphatic carboxylic acids is 1. The molecule has 3 N–H and O–H groups in total. The fraction of sp³-hybridized carbons (Fsp3) is 0.600. The van der Waals surface area contributed by atoms with Crippen molar-refractivity contribution in [2.24, 2.45) is 23.5 Å². The molecular formula is C25H37NO8. The number of benzene rings is 1. The van der Waals surface area contributed by atoms with E-state index in [1.165, 1.54) is 12.1 Å². The van der Waals surface area contributed by atoms with E-state index in [1.54, 1.807) is 40.7 Å². The van der Waals surface area contributed by atoms with E-state index >= 15 is 0 Å². The van der Waals surface area contributed by atoms with Crippen molar-refractivity contribution in [3.05, 3.63) is 23.8 Å². The van der Waals surface area contributed by atoms with Gasteiger partial charge in [-0.3, -0.25) is 19.2 Å². The SMILES string of the molecule is CC(C)CC(=O)O[C@@H](C)CC(N)(Cc1ccc(OC(=O)C(C)C)c(OC(=O)C(C)C)c1)C(=O)O. The van der Waals surface area contributed by atoms with E-state index in [2.05, 4.69) is 0 Å². The first kappa shape index (κ1) is 29.1. The zero-order chi connectivity index (χ0) is 26.2. The summed E-state index contributed by atoms with van der Waals surface area (Å²) in [6.45, 7) is 12.0. The summed E-state index contributed by atoms with van der Waals surface area (Å²) in [5.74, 6) is -3.43. The molecule has 0 heterocycles. The Kier molecular flexibility index (Phi) is 10.7. The van der Waals surface area contributed by atoms with Crippen LogP contribution in [0.5, 0.6) is 11.5 Å². The molecule has 0 amide bonds. The number of carbonyl (C=O) groups excluding carboxylic acids is 3. The van der Waals surface area contributed by atoms with Crippen molar-refractivity contribution in [3.8, 4) is 11.5 Å². The van der Waals surface area contributed by atoms with Crippen LogP contribution in [0.4, 0.5) is 0 Å². The topological polar surface area (TPSA) is 142 Å². The molecule has 34 heavy (non-hydrogen) atoms. The number of rotatable bonds is 12. The molecule has 1 aromatic rings. The molecule has 0 saturated carbocycles. The second kappa shape index (κ2) is 12.5. The first-order valence-corrected chi connectivity index (χ1v) is 11.4. The lowest BCUT2D eigenvalue weighted by atomic mass is 9.86. The predicted octanol–water partition coefficient (Wildman–Crippen LogP) is 3.50. The number of hydrogen-bond acceptors (Lipinski definition) is 8. The molecule has 1 rings (SSSR count). The molecule has 9 nitrogen and oxygen atoms in total. The fourth-order valence-corrected chi connectivity index (χ4v) is 3.04. The van der Waals surface area contributed by atoms with Crippen LogP contribution in [0.1, 0.15) is 66.9 Å². The van der Waals surface area contributed by atoms with Gasteiger partial charge in [0.2, 0.25) is 0 Å². The zero-order valence-corrected chi connectivity index (χ0v) is 21.0. The molecule has 1 aromatic carbocycles. The summed E-state index contributed by atoms with van der Waals surface area (Å²) < 4.78 is 16.1. The molecule has 190 valence electrons. The molecule has 0 spiro atoms. The highest BCUT2D eigenvalue weighted by Gasteiger charge is 2.37. The Hall–Kier alpha value is -2.94. The van der Waals surface area contributed by atoms with Crippen LogP contribution in [-0.2, 0) is 30.3 Å². The van der Waals surface area contributed by atoms with Crippen molar-refractivity contribution < 1.29 is 38.5 Å². The molecule has 2 atom stereocenters. The van der Waals surface area contributed by atoms with Crippen LogP contribution >= 0.6 is 0 Å². The normalized spacial score (nSPS) is 14.0. The summed E-state index contributed by atoms with van der Waals surface area (Å²) in [7, 11) is 0. The van der Waals surface area contributed by atoms with E-state index in [0.717, 1.165) is 0 Å². The lowest BCUT2D eigenvalue weighted by Gasteiger charge is -2.28. The first-order chi connectivity index (χ1) is 15.6. The quantitative estimate of drug-likeness (QED) is 0.340. The Labute approximate surface area is 200 Å². The minimum absolute atomic E-state index is 0.00523. The monoisotopic (exact) mass is 479 g/mol. The number of ether oxygens (including phenoxy) is 3. The molecule has 0 bridgehead atoms. The van der Waals surface area contributed by atoms with Gasteiger partial charge in [0.15, 0.2) is 11.5 Å². The van der Waals surface area contributed by atoms with Crippen molar-refractivity contribution >= 4 is 23.9 Å². The minimum Gasteiger partial charge on any atom is -0.480 e. The van der Waals surface area contributed by atoms with Crippen molar-refractivity contribution in [2.75, 3.05) is 0 Å². The third kappa shape index (κ3) is 9.13. The van der Waals surface area contributed by atoms with Crippen molar-refractivity contribution in [3.63, 3.8) is 0 Å². The number of nitrogens with two attached hydrogens (primary N) is 1. The average molecular weight is 480 g/mol. The average Bonchev–Trinajstić information content (AvgIpc) is 2.68. The van der Waals surface area contributed by atoms with Gasteiger partial charge < -0.3 is 25.1 Å². The maximum absolute atomic E-state index is 12.2. The summed E-state index contributed by atoms with van der Waals surface area (Å²) >= 11 is 0. The number of carboxylic acid groups (broad SMARTS) is 1. The van der Waals surface area contributed by atoms with Gasteiger partial charge in [-0.15, -0.1) is 0 Å². The van der Waals surface area contributed by atoms with Crippen LogP contribution in [0.25, 0.3) is 0 Å². The summed E-state index contributed by atoms with van der Waals surface area (Å²) in [4.78, 5) is 48.2. The molecule has 0 aromatic heterocycles. The number of carboxylic acids is 1. The van der Waals surface area contributed by atoms with Gasteiger partial charge in [0.1, 0.15) is 11.6 Å². The third-order valence-electron chi connectivity index (χ3n) is 4.88. The predicted molar refractivity (Wildman–Crippen MR) is 125 cm³/mol. The van der Waals surface area contributed by atoms with Crippen molar-refractivity contribution in [1.82, 2.24) is 0 Å². The molecule has 0 aliphatic carbocycles. The Morgan fingerprint density at radius 3 is 1.91 bits per heavy atom. The Balaban J connectivity index is 3.18. The summed E-state index contributed by atoms with van der Waals surface area (Å²) in [5, 5.41) is 9.82. The van der Waals surface area contributed by atoms with Gasteiger partial charge in [-0.2, -0.15) is 0 Å². The highest BCUT2D eigenvalue weighted by atomic mass is 16.6. The van der Waals surface area contributed by atoms with Crippen LogP contribution in [0.2, 0.25) is 0 Å². The van der Waals surface area contributed by atoms with Crippen LogP contribution in [0, 0.1) is 17.8 Å². The van der Waals surface area contributed by atoms with E-state index in [9.17, 15) is 24.3 Å². The lowest BCUT2D eigenvalue weighted by Crippen LogP contribution is -2.52. The molecular weight excluding hydrogens is 442 g/mol. The van der Waals surface area contributed by atoms with Crippen LogP contribution in [-0.4, -0.2) is 40.6 Å².